The van der Waals surface area contributed by atoms with E-state index in [2.05, 4.69) is 0 Å². The minimum atomic E-state index is -0.465. The molecule has 1 amide bonds. The highest BCUT2D eigenvalue weighted by Gasteiger charge is 2.11. The molecule has 0 aliphatic rings. The van der Waals surface area contributed by atoms with Crippen LogP contribution in [0.1, 0.15) is 5.56 Å². The van der Waals surface area contributed by atoms with Crippen molar-refractivity contribution in [2.45, 2.75) is 20.0 Å². The van der Waals surface area contributed by atoms with Crippen molar-refractivity contribution in [3.8, 4) is 5.75 Å². The van der Waals surface area contributed by atoms with Crippen LogP contribution in [-0.4, -0.2) is 21.6 Å². The number of primary amides is 1. The fraction of sp³-hybridized carbons (Fsp3) is 0.222. The van der Waals surface area contributed by atoms with Crippen molar-refractivity contribution in [1.29, 1.82) is 5.41 Å². The molecule has 0 unspecified atom stereocenters. The molecule has 0 aliphatic carbocycles. The van der Waals surface area contributed by atoms with Crippen LogP contribution in [-0.2, 0) is 17.9 Å². The second-order valence-electron chi connectivity index (χ2n) is 5.68. The van der Waals surface area contributed by atoms with E-state index in [1.165, 1.54) is 5.56 Å². The van der Waals surface area contributed by atoms with Crippen LogP contribution in [0.2, 0.25) is 0 Å². The Morgan fingerprint density at radius 1 is 1.08 bits per heavy atom. The van der Waals surface area contributed by atoms with E-state index in [0.717, 1.165) is 16.8 Å². The number of carbonyl (C=O) groups excluding carboxylic acids is 1. The van der Waals surface area contributed by atoms with Crippen molar-refractivity contribution in [3.05, 3.63) is 59.7 Å². The maximum absolute atomic E-state index is 11.3. The number of para-hydroxylation sites is 2. The van der Waals surface area contributed by atoms with Gasteiger partial charge in [-0.15, -0.1) is 0 Å². The first kappa shape index (κ1) is 18.6. The maximum Gasteiger partial charge on any atom is 0.237 e. The van der Waals surface area contributed by atoms with Gasteiger partial charge in [0.15, 0.2) is 0 Å². The predicted octanol–water partition coefficient (Wildman–Crippen LogP) is -1.20. The van der Waals surface area contributed by atoms with Crippen LogP contribution in [0.15, 0.2) is 48.5 Å². The van der Waals surface area contributed by atoms with Gasteiger partial charge in [0, 0.05) is 0 Å². The van der Waals surface area contributed by atoms with Gasteiger partial charge in [0.2, 0.25) is 11.5 Å². The molecular formula is C18H20ClN4O2-. The SMILES string of the molecule is Cc1ccc(OCCn2c(=N)n(CC(N)=O)c3ccccc32)cc1.[Cl-]. The smallest absolute Gasteiger partial charge is 0.237 e. The molecule has 0 radical (unpaired) electrons. The third-order valence-corrected chi connectivity index (χ3v) is 3.89. The summed E-state index contributed by atoms with van der Waals surface area (Å²) in [7, 11) is 0. The van der Waals surface area contributed by atoms with E-state index in [0.29, 0.717) is 13.2 Å². The number of benzene rings is 2. The molecule has 0 saturated carbocycles. The Labute approximate surface area is 151 Å². The van der Waals surface area contributed by atoms with Crippen LogP contribution >= 0.6 is 0 Å². The van der Waals surface area contributed by atoms with Gasteiger partial charge in [-0.05, 0) is 31.2 Å². The molecule has 7 heteroatoms. The number of nitrogens with zero attached hydrogens (tertiary/aromatic N) is 2. The van der Waals surface area contributed by atoms with Crippen molar-refractivity contribution in [3.63, 3.8) is 0 Å². The molecule has 0 saturated heterocycles. The predicted molar refractivity (Wildman–Crippen MR) is 91.7 cm³/mol. The highest BCUT2D eigenvalue weighted by Crippen LogP contribution is 2.14. The first-order valence-corrected chi connectivity index (χ1v) is 7.76. The van der Waals surface area contributed by atoms with Crippen LogP contribution < -0.4 is 28.5 Å². The number of amides is 1. The molecule has 1 heterocycles. The number of halogens is 1. The van der Waals surface area contributed by atoms with Crippen molar-refractivity contribution >= 4 is 16.9 Å². The largest absolute Gasteiger partial charge is 1.00 e. The third-order valence-electron chi connectivity index (χ3n) is 3.89. The van der Waals surface area contributed by atoms with Gasteiger partial charge in [0.05, 0.1) is 17.6 Å². The van der Waals surface area contributed by atoms with E-state index in [1.807, 2.05) is 60.0 Å². The van der Waals surface area contributed by atoms with Crippen LogP contribution in [0, 0.1) is 12.3 Å². The quantitative estimate of drug-likeness (QED) is 0.579. The number of aryl methyl sites for hydroxylation is 1. The number of rotatable bonds is 6. The van der Waals surface area contributed by atoms with Gasteiger partial charge in [0.25, 0.3) is 0 Å². The fourth-order valence-corrected chi connectivity index (χ4v) is 2.73. The second-order valence-corrected chi connectivity index (χ2v) is 5.68. The Kier molecular flexibility index (Phi) is 5.88. The zero-order chi connectivity index (χ0) is 17.1. The van der Waals surface area contributed by atoms with Crippen molar-refractivity contribution in [1.82, 2.24) is 9.13 Å². The van der Waals surface area contributed by atoms with Gasteiger partial charge >= 0.3 is 0 Å². The zero-order valence-electron chi connectivity index (χ0n) is 13.9. The van der Waals surface area contributed by atoms with Crippen molar-refractivity contribution < 1.29 is 21.9 Å². The summed E-state index contributed by atoms with van der Waals surface area (Å²) in [4.78, 5) is 11.3. The number of carbonyl (C=O) groups is 1. The van der Waals surface area contributed by atoms with E-state index in [-0.39, 0.29) is 24.6 Å². The number of nitrogens with one attached hydrogen (secondary N) is 1. The average molecular weight is 360 g/mol. The fourth-order valence-electron chi connectivity index (χ4n) is 2.73. The molecule has 3 aromatic rings. The summed E-state index contributed by atoms with van der Waals surface area (Å²) in [5, 5.41) is 8.34. The van der Waals surface area contributed by atoms with E-state index in [1.54, 1.807) is 4.57 Å². The molecule has 0 spiro atoms. The molecule has 0 aliphatic heterocycles. The normalized spacial score (nSPS) is 10.4. The number of nitrogens with two attached hydrogens (primary N) is 1. The van der Waals surface area contributed by atoms with Gasteiger partial charge in [-0.2, -0.15) is 0 Å². The summed E-state index contributed by atoms with van der Waals surface area (Å²) in [5.41, 5.74) is 8.43. The summed E-state index contributed by atoms with van der Waals surface area (Å²) >= 11 is 0. The molecule has 6 nitrogen and oxygen atoms in total. The Morgan fingerprint density at radius 3 is 2.28 bits per heavy atom. The van der Waals surface area contributed by atoms with Crippen molar-refractivity contribution in [2.75, 3.05) is 6.61 Å². The van der Waals surface area contributed by atoms with E-state index >= 15 is 0 Å². The highest BCUT2D eigenvalue weighted by atomic mass is 35.5. The van der Waals surface area contributed by atoms with Crippen molar-refractivity contribution in [2.24, 2.45) is 5.73 Å². The minimum absolute atomic E-state index is 0. The summed E-state index contributed by atoms with van der Waals surface area (Å²) < 4.78 is 9.19. The van der Waals surface area contributed by atoms with E-state index in [9.17, 15) is 4.79 Å². The molecule has 3 N–H and O–H groups in total. The molecule has 25 heavy (non-hydrogen) atoms. The topological polar surface area (TPSA) is 86.0 Å². The Morgan fingerprint density at radius 2 is 1.68 bits per heavy atom. The Hall–Kier alpha value is -2.73. The standard InChI is InChI=1S/C18H20N4O2.ClH/c1-13-6-8-14(9-7-13)24-11-10-21-15-4-2-3-5-16(15)22(18(21)20)12-17(19)23;/h2-9,20H,10-12H2,1H3,(H2,19,23);1H/p-1. The van der Waals surface area contributed by atoms with Gasteiger partial charge in [-0.25, -0.2) is 0 Å². The second kappa shape index (κ2) is 7.90. The van der Waals surface area contributed by atoms with Gasteiger partial charge in [0.1, 0.15) is 18.9 Å². The third kappa shape index (κ3) is 4.03. The van der Waals surface area contributed by atoms with E-state index < -0.39 is 5.91 Å². The molecule has 3 rings (SSSR count). The molecule has 0 fully saturated rings. The van der Waals surface area contributed by atoms with Crippen LogP contribution in [0.5, 0.6) is 5.75 Å². The molecule has 1 aromatic heterocycles. The first-order valence-electron chi connectivity index (χ1n) is 7.76. The number of hydrogen-bond acceptors (Lipinski definition) is 3. The van der Waals surface area contributed by atoms with Gasteiger partial charge in [-0.1, -0.05) is 29.8 Å². The maximum atomic E-state index is 11.3. The molecule has 132 valence electrons. The van der Waals surface area contributed by atoms with Gasteiger partial charge in [-0.3, -0.25) is 10.2 Å². The lowest BCUT2D eigenvalue weighted by Gasteiger charge is -2.08. The molecular weight excluding hydrogens is 340 g/mol. The average Bonchev–Trinajstić information content (AvgIpc) is 2.82. The lowest BCUT2D eigenvalue weighted by atomic mass is 10.2. The summed E-state index contributed by atoms with van der Waals surface area (Å²) in [6.07, 6.45) is 0. The summed E-state index contributed by atoms with van der Waals surface area (Å²) in [6.45, 7) is 2.97. The summed E-state index contributed by atoms with van der Waals surface area (Å²) in [5.74, 6) is 0.334. The Balaban J connectivity index is 0.00000225. The zero-order valence-corrected chi connectivity index (χ0v) is 14.7. The molecule has 0 atom stereocenters. The van der Waals surface area contributed by atoms with Crippen LogP contribution in [0.3, 0.4) is 0 Å². The number of imidazole rings is 1. The lowest BCUT2D eigenvalue weighted by Crippen LogP contribution is -3.00. The minimum Gasteiger partial charge on any atom is -1.00 e. The monoisotopic (exact) mass is 359 g/mol. The highest BCUT2D eigenvalue weighted by molar-refractivity contribution is 5.79. The number of ether oxygens (including phenoxy) is 1. The Bertz CT molecular complexity index is 928. The van der Waals surface area contributed by atoms with Gasteiger partial charge < -0.3 is 32.0 Å². The molecule has 0 bridgehead atoms. The lowest BCUT2D eigenvalue weighted by molar-refractivity contribution is -0.118. The van der Waals surface area contributed by atoms with Crippen LogP contribution in [0.4, 0.5) is 0 Å². The first-order chi connectivity index (χ1) is 11.6. The number of hydrogen-bond donors (Lipinski definition) is 2. The van der Waals surface area contributed by atoms with E-state index in [4.69, 9.17) is 15.9 Å². The number of aromatic nitrogens is 2. The van der Waals surface area contributed by atoms with Crippen LogP contribution in [0.25, 0.3) is 11.0 Å². The number of fused-ring (bicyclic) bond motifs is 1. The summed E-state index contributed by atoms with van der Waals surface area (Å²) in [6, 6.07) is 15.5. The molecule has 2 aromatic carbocycles.